The van der Waals surface area contributed by atoms with Gasteiger partial charge >= 0.3 is 72.6 Å². The van der Waals surface area contributed by atoms with Gasteiger partial charge < -0.3 is 23.7 Å². The molecule has 9 nitrogen and oxygen atoms in total. The molecule has 0 saturated heterocycles. The molecule has 22 heavy (non-hydrogen) atoms. The predicted octanol–water partition coefficient (Wildman–Crippen LogP) is -5.57. The number of phosphoric ester groups is 1. The Morgan fingerprint density at radius 1 is 1.09 bits per heavy atom. The van der Waals surface area contributed by atoms with Gasteiger partial charge in [0.25, 0.3) is 7.60 Å². The van der Waals surface area contributed by atoms with Gasteiger partial charge in [0.2, 0.25) is 0 Å². The molecule has 0 heterocycles. The van der Waals surface area contributed by atoms with Crippen LogP contribution in [0.2, 0.25) is 0 Å². The fourth-order valence-corrected chi connectivity index (χ4v) is 2.46. The first kappa shape index (κ1) is 24.7. The molecule has 1 N–H and O–H groups in total. The van der Waals surface area contributed by atoms with E-state index in [1.165, 1.54) is 19.1 Å². The summed E-state index contributed by atoms with van der Waals surface area (Å²) in [6.45, 7) is 1.29. The van der Waals surface area contributed by atoms with E-state index < -0.39 is 21.1 Å². The molecule has 0 fully saturated rings. The molecule has 0 saturated carbocycles. The molecule has 2 unspecified atom stereocenters. The number of phosphoric acid groups is 1. The normalized spacial score (nSPS) is 15.1. The summed E-state index contributed by atoms with van der Waals surface area (Å²) in [6.07, 6.45) is 0. The van der Waals surface area contributed by atoms with Gasteiger partial charge in [-0.3, -0.25) is 13.9 Å². The molecule has 0 aliphatic rings. The number of hydrogen-bond donors (Lipinski definition) is 1. The zero-order valence-corrected chi connectivity index (χ0v) is 17.7. The zero-order valence-electron chi connectivity index (χ0n) is 11.9. The summed E-state index contributed by atoms with van der Waals surface area (Å²) in [6, 6.07) is 4.66. The van der Waals surface area contributed by atoms with E-state index in [9.17, 15) is 28.5 Å². The van der Waals surface area contributed by atoms with Crippen LogP contribution in [0.15, 0.2) is 24.3 Å². The van der Waals surface area contributed by atoms with Crippen LogP contribution in [0.4, 0.5) is 4.79 Å². The second-order valence-electron chi connectivity index (χ2n) is 3.50. The first-order valence-corrected chi connectivity index (χ1v) is 7.95. The Hall–Kier alpha value is 0.500. The van der Waals surface area contributed by atoms with Crippen molar-refractivity contribution >= 4 is 26.9 Å². The van der Waals surface area contributed by atoms with Crippen molar-refractivity contribution in [2.75, 3.05) is 0 Å². The van der Waals surface area contributed by atoms with E-state index in [-0.39, 0.29) is 76.2 Å². The van der Waals surface area contributed by atoms with Gasteiger partial charge in [-0.25, -0.2) is 4.79 Å². The van der Waals surface area contributed by atoms with E-state index in [1.54, 1.807) is 0 Å². The predicted molar refractivity (Wildman–Crippen MR) is 61.0 cm³/mol. The van der Waals surface area contributed by atoms with Crippen LogP contribution in [0.1, 0.15) is 17.3 Å². The van der Waals surface area contributed by atoms with Crippen molar-refractivity contribution in [2.45, 2.75) is 6.92 Å². The van der Waals surface area contributed by atoms with Crippen LogP contribution in [-0.4, -0.2) is 16.4 Å². The van der Waals surface area contributed by atoms with E-state index in [4.69, 9.17) is 4.89 Å². The van der Waals surface area contributed by atoms with E-state index in [0.717, 1.165) is 12.1 Å². The number of carbonyl (C=O) groups excluding carboxylic acids is 2. The number of Topliss-reactive ketones (excluding diaryl/α,β-unsaturated/α-hetero) is 1. The van der Waals surface area contributed by atoms with E-state index >= 15 is 0 Å². The largest absolute Gasteiger partial charge is 1.00 e. The van der Waals surface area contributed by atoms with Gasteiger partial charge in [-0.1, -0.05) is 0 Å². The Morgan fingerprint density at radius 2 is 1.55 bits per heavy atom. The second-order valence-corrected chi connectivity index (χ2v) is 6.16. The summed E-state index contributed by atoms with van der Waals surface area (Å²) in [7, 11) is -10.9. The van der Waals surface area contributed by atoms with Crippen molar-refractivity contribution in [3.8, 4) is 5.75 Å². The Morgan fingerprint density at radius 3 is 1.91 bits per heavy atom. The summed E-state index contributed by atoms with van der Waals surface area (Å²) in [5.74, 6) is -0.599. The van der Waals surface area contributed by atoms with Gasteiger partial charge in [0.1, 0.15) is 5.75 Å². The molecule has 0 aromatic heterocycles. The molecule has 0 aliphatic heterocycles. The number of hydrogen-bond acceptors (Lipinski definition) is 8. The molecular formula is C9H8Na2O9P2. The van der Waals surface area contributed by atoms with Crippen LogP contribution in [-0.2, 0) is 13.7 Å². The Balaban J connectivity index is 0. The third-order valence-electron chi connectivity index (χ3n) is 1.90. The third-order valence-corrected chi connectivity index (χ3v) is 3.43. The minimum atomic E-state index is -5.54. The van der Waals surface area contributed by atoms with Gasteiger partial charge in [-0.2, -0.15) is 0 Å². The fourth-order valence-electron chi connectivity index (χ4n) is 1.08. The molecule has 0 radical (unpaired) electrons. The molecule has 1 aromatic rings. The van der Waals surface area contributed by atoms with Crippen LogP contribution >= 0.6 is 15.4 Å². The van der Waals surface area contributed by atoms with Crippen molar-refractivity contribution < 1.29 is 102 Å². The van der Waals surface area contributed by atoms with Gasteiger partial charge in [-0.05, 0) is 31.2 Å². The van der Waals surface area contributed by atoms with Crippen LogP contribution in [0.3, 0.4) is 0 Å². The van der Waals surface area contributed by atoms with Gasteiger partial charge in [-0.15, -0.1) is 0 Å². The molecule has 13 heteroatoms. The number of rotatable bonds is 5. The van der Waals surface area contributed by atoms with Crippen LogP contribution < -0.4 is 73.4 Å². The standard InChI is InChI=1S/C9H10O9P2.2Na/c1-6(10)7-2-4-8(5-3-7)17-19(12,13)9(11)18-20(14,15)16;;/h2-5H,1H3,(H,12,13)(H2,14,15,16);;/q;2*+1/p-2. The van der Waals surface area contributed by atoms with Gasteiger partial charge in [0.15, 0.2) is 5.78 Å². The van der Waals surface area contributed by atoms with Gasteiger partial charge in [0.05, 0.1) is 0 Å². The van der Waals surface area contributed by atoms with E-state index in [1.807, 2.05) is 0 Å². The molecule has 2 atom stereocenters. The minimum absolute atomic E-state index is 0. The molecule has 0 bridgehead atoms. The first-order valence-electron chi connectivity index (χ1n) is 4.91. The number of carbonyl (C=O) groups is 2. The Labute approximate surface area is 169 Å². The topological polar surface area (TPSA) is 153 Å². The minimum Gasteiger partial charge on any atom is -0.761 e. The average molecular weight is 368 g/mol. The summed E-state index contributed by atoms with van der Waals surface area (Å²) in [5, 5.41) is 0. The number of ketones is 1. The zero-order chi connectivity index (χ0) is 15.6. The van der Waals surface area contributed by atoms with E-state index in [0.29, 0.717) is 0 Å². The number of benzene rings is 1. The van der Waals surface area contributed by atoms with Crippen molar-refractivity contribution in [3.05, 3.63) is 29.8 Å². The smallest absolute Gasteiger partial charge is 0.761 e. The monoisotopic (exact) mass is 368 g/mol. The summed E-state index contributed by atoms with van der Waals surface area (Å²) in [4.78, 5) is 51.7. The Kier molecular flexibility index (Phi) is 10.9. The van der Waals surface area contributed by atoms with Crippen LogP contribution in [0, 0.1) is 0 Å². The third kappa shape index (κ3) is 8.38. The Bertz CT molecular complexity index is 624. The van der Waals surface area contributed by atoms with Crippen molar-refractivity contribution in [1.82, 2.24) is 0 Å². The molecular weight excluding hydrogens is 360 g/mol. The molecule has 110 valence electrons. The first-order chi connectivity index (χ1) is 9.01. The molecule has 0 aliphatic carbocycles. The molecule has 0 amide bonds. The maximum Gasteiger partial charge on any atom is 1.00 e. The average Bonchev–Trinajstić information content (AvgIpc) is 2.26. The maximum absolute atomic E-state index is 11.3. The van der Waals surface area contributed by atoms with Crippen molar-refractivity contribution in [2.24, 2.45) is 0 Å². The van der Waals surface area contributed by atoms with E-state index in [2.05, 4.69) is 9.05 Å². The van der Waals surface area contributed by atoms with Crippen LogP contribution in [0.5, 0.6) is 5.75 Å². The molecule has 0 spiro atoms. The van der Waals surface area contributed by atoms with Gasteiger partial charge in [0, 0.05) is 5.56 Å². The van der Waals surface area contributed by atoms with Crippen molar-refractivity contribution in [1.29, 1.82) is 0 Å². The molecule has 1 rings (SSSR count). The fraction of sp³-hybridized carbons (Fsp3) is 0.111. The second kappa shape index (κ2) is 9.71. The van der Waals surface area contributed by atoms with Crippen molar-refractivity contribution in [3.63, 3.8) is 0 Å². The SMILES string of the molecule is CC(=O)c1ccc(OP(=O)([O-])C(=O)OP(=O)([O-])O)cc1.[Na+].[Na+]. The summed E-state index contributed by atoms with van der Waals surface area (Å²) >= 11 is 0. The summed E-state index contributed by atoms with van der Waals surface area (Å²) in [5.41, 5.74) is -1.98. The maximum atomic E-state index is 11.3. The molecule has 1 aromatic carbocycles. The quantitative estimate of drug-likeness (QED) is 0.304. The summed E-state index contributed by atoms with van der Waals surface area (Å²) < 4.78 is 29.1. The van der Waals surface area contributed by atoms with Crippen LogP contribution in [0.25, 0.3) is 0 Å².